The van der Waals surface area contributed by atoms with Crippen LogP contribution in [0.5, 0.6) is 0 Å². The van der Waals surface area contributed by atoms with Crippen molar-refractivity contribution in [3.8, 4) is 0 Å². The Hall–Kier alpha value is -2.28. The highest BCUT2D eigenvalue weighted by Crippen LogP contribution is 2.38. The van der Waals surface area contributed by atoms with Crippen LogP contribution in [0.1, 0.15) is 29.2 Å². The van der Waals surface area contributed by atoms with Gasteiger partial charge in [-0.2, -0.15) is 0 Å². The Morgan fingerprint density at radius 1 is 1.17 bits per heavy atom. The maximum absolute atomic E-state index is 13.5. The minimum atomic E-state index is -0.511. The van der Waals surface area contributed by atoms with Crippen LogP contribution in [0.25, 0.3) is 0 Å². The summed E-state index contributed by atoms with van der Waals surface area (Å²) >= 11 is 0. The standard InChI is InChI=1S/C23H25FN2O3/c24-18-7-5-17(6-8-18)21-19-4-2-1-3-16(19)9-11-26(21)22(27)20-13-23(15-28-20)14-25-10-12-29-23/h1-8,20-21,25H,9-15H2/t20-,21-,23+/m0/s1. The average Bonchev–Trinajstić information content (AvgIpc) is 3.17. The summed E-state index contributed by atoms with van der Waals surface area (Å²) < 4.78 is 25.4. The van der Waals surface area contributed by atoms with Gasteiger partial charge in [0.2, 0.25) is 0 Å². The van der Waals surface area contributed by atoms with Gasteiger partial charge in [0, 0.05) is 26.1 Å². The molecule has 2 aromatic rings. The van der Waals surface area contributed by atoms with Gasteiger partial charge in [0.15, 0.2) is 0 Å². The van der Waals surface area contributed by atoms with Gasteiger partial charge in [0.25, 0.3) is 5.91 Å². The second-order valence-corrected chi connectivity index (χ2v) is 8.15. The highest BCUT2D eigenvalue weighted by Gasteiger charge is 2.47. The molecule has 0 aromatic heterocycles. The molecule has 2 fully saturated rings. The molecule has 1 amide bonds. The number of halogens is 1. The molecule has 5 nitrogen and oxygen atoms in total. The lowest BCUT2D eigenvalue weighted by atomic mass is 9.87. The van der Waals surface area contributed by atoms with Crippen molar-refractivity contribution in [1.82, 2.24) is 10.2 Å². The van der Waals surface area contributed by atoms with Gasteiger partial charge in [0.05, 0.1) is 19.3 Å². The fraction of sp³-hybridized carbons (Fsp3) is 0.435. The number of hydrogen-bond acceptors (Lipinski definition) is 4. The summed E-state index contributed by atoms with van der Waals surface area (Å²) in [4.78, 5) is 15.4. The van der Waals surface area contributed by atoms with Crippen molar-refractivity contribution in [1.29, 1.82) is 0 Å². The molecule has 3 aliphatic rings. The smallest absolute Gasteiger partial charge is 0.252 e. The first kappa shape index (κ1) is 18.7. The van der Waals surface area contributed by atoms with Gasteiger partial charge in [0.1, 0.15) is 17.5 Å². The van der Waals surface area contributed by atoms with Crippen molar-refractivity contribution in [2.24, 2.45) is 0 Å². The summed E-state index contributed by atoms with van der Waals surface area (Å²) in [6, 6.07) is 14.4. The number of benzene rings is 2. The van der Waals surface area contributed by atoms with Crippen LogP contribution in [0, 0.1) is 5.82 Å². The molecular formula is C23H25FN2O3. The van der Waals surface area contributed by atoms with Crippen LogP contribution in [0.2, 0.25) is 0 Å². The lowest BCUT2D eigenvalue weighted by Crippen LogP contribution is -2.51. The lowest BCUT2D eigenvalue weighted by Gasteiger charge is -2.39. The number of nitrogens with one attached hydrogen (secondary N) is 1. The molecule has 1 N–H and O–H groups in total. The quantitative estimate of drug-likeness (QED) is 0.847. The van der Waals surface area contributed by atoms with E-state index in [9.17, 15) is 9.18 Å². The molecule has 152 valence electrons. The van der Waals surface area contributed by atoms with Crippen molar-refractivity contribution < 1.29 is 18.7 Å². The number of rotatable bonds is 2. The van der Waals surface area contributed by atoms with Crippen molar-refractivity contribution in [3.05, 3.63) is 71.0 Å². The summed E-state index contributed by atoms with van der Waals surface area (Å²) in [7, 11) is 0. The Morgan fingerprint density at radius 2 is 2.00 bits per heavy atom. The Bertz CT molecular complexity index is 895. The maximum atomic E-state index is 13.5. The number of ether oxygens (including phenoxy) is 2. The Labute approximate surface area is 169 Å². The van der Waals surface area contributed by atoms with Gasteiger partial charge in [-0.05, 0) is 35.2 Å². The number of hydrogen-bond donors (Lipinski definition) is 1. The van der Waals surface area contributed by atoms with Crippen LogP contribution < -0.4 is 5.32 Å². The van der Waals surface area contributed by atoms with Crippen molar-refractivity contribution in [3.63, 3.8) is 0 Å². The van der Waals surface area contributed by atoms with Crippen molar-refractivity contribution >= 4 is 5.91 Å². The van der Waals surface area contributed by atoms with Crippen LogP contribution in [0.15, 0.2) is 48.5 Å². The zero-order chi connectivity index (χ0) is 19.8. The van der Waals surface area contributed by atoms with Crippen LogP contribution in [-0.2, 0) is 20.7 Å². The number of nitrogens with zero attached hydrogens (tertiary/aromatic N) is 1. The zero-order valence-electron chi connectivity index (χ0n) is 16.3. The molecule has 3 aliphatic heterocycles. The molecule has 2 aromatic carbocycles. The number of amides is 1. The normalized spacial score (nSPS) is 29.1. The van der Waals surface area contributed by atoms with Gasteiger partial charge in [-0.15, -0.1) is 0 Å². The van der Waals surface area contributed by atoms with E-state index < -0.39 is 11.7 Å². The topological polar surface area (TPSA) is 50.8 Å². The van der Waals surface area contributed by atoms with E-state index in [1.54, 1.807) is 12.1 Å². The molecule has 6 heteroatoms. The minimum Gasteiger partial charge on any atom is -0.370 e. The number of carbonyl (C=O) groups excluding carboxylic acids is 1. The average molecular weight is 396 g/mol. The van der Waals surface area contributed by atoms with E-state index >= 15 is 0 Å². The number of fused-ring (bicyclic) bond motifs is 1. The first-order chi connectivity index (χ1) is 14.2. The summed E-state index contributed by atoms with van der Waals surface area (Å²) in [6.07, 6.45) is 0.853. The Balaban J connectivity index is 1.45. The minimum absolute atomic E-state index is 0.0140. The first-order valence-electron chi connectivity index (χ1n) is 10.3. The second kappa shape index (κ2) is 7.52. The summed E-state index contributed by atoms with van der Waals surface area (Å²) in [5.41, 5.74) is 2.84. The van der Waals surface area contributed by atoms with Crippen molar-refractivity contribution in [2.45, 2.75) is 30.6 Å². The van der Waals surface area contributed by atoms with E-state index in [4.69, 9.17) is 9.47 Å². The van der Waals surface area contributed by atoms with Gasteiger partial charge in [-0.1, -0.05) is 36.4 Å². The van der Waals surface area contributed by atoms with E-state index in [0.29, 0.717) is 32.7 Å². The first-order valence-corrected chi connectivity index (χ1v) is 10.3. The highest BCUT2D eigenvalue weighted by atomic mass is 19.1. The van der Waals surface area contributed by atoms with E-state index in [0.717, 1.165) is 24.1 Å². The van der Waals surface area contributed by atoms with Crippen molar-refractivity contribution in [2.75, 3.05) is 32.8 Å². The molecule has 0 unspecified atom stereocenters. The summed E-state index contributed by atoms with van der Waals surface area (Å²) in [6.45, 7) is 3.22. The number of morpholine rings is 1. The monoisotopic (exact) mass is 396 g/mol. The number of carbonyl (C=O) groups is 1. The third-order valence-corrected chi connectivity index (χ3v) is 6.27. The molecule has 1 spiro atoms. The third kappa shape index (κ3) is 3.45. The third-order valence-electron chi connectivity index (χ3n) is 6.27. The van der Waals surface area contributed by atoms with Crippen LogP contribution in [0.3, 0.4) is 0 Å². The predicted molar refractivity (Wildman–Crippen MR) is 106 cm³/mol. The van der Waals surface area contributed by atoms with E-state index in [-0.39, 0.29) is 17.8 Å². The molecule has 29 heavy (non-hydrogen) atoms. The van der Waals surface area contributed by atoms with E-state index in [1.807, 2.05) is 17.0 Å². The van der Waals surface area contributed by atoms with Gasteiger partial charge < -0.3 is 19.7 Å². The maximum Gasteiger partial charge on any atom is 0.252 e. The molecular weight excluding hydrogens is 371 g/mol. The molecule has 0 radical (unpaired) electrons. The van der Waals surface area contributed by atoms with Gasteiger partial charge >= 0.3 is 0 Å². The lowest BCUT2D eigenvalue weighted by molar-refractivity contribution is -0.143. The van der Waals surface area contributed by atoms with Crippen LogP contribution in [-0.4, -0.2) is 55.4 Å². The van der Waals surface area contributed by atoms with E-state index in [2.05, 4.69) is 17.4 Å². The van der Waals surface area contributed by atoms with Crippen LogP contribution in [0.4, 0.5) is 4.39 Å². The van der Waals surface area contributed by atoms with Crippen LogP contribution >= 0.6 is 0 Å². The molecule has 0 saturated carbocycles. The Morgan fingerprint density at radius 3 is 2.79 bits per heavy atom. The fourth-order valence-electron chi connectivity index (χ4n) is 4.79. The molecule has 0 bridgehead atoms. The second-order valence-electron chi connectivity index (χ2n) is 8.15. The predicted octanol–water partition coefficient (Wildman–Crippen LogP) is 2.45. The molecule has 5 rings (SSSR count). The summed E-state index contributed by atoms with van der Waals surface area (Å²) in [5.74, 6) is -0.293. The highest BCUT2D eigenvalue weighted by molar-refractivity contribution is 5.82. The summed E-state index contributed by atoms with van der Waals surface area (Å²) in [5, 5.41) is 3.34. The molecule has 0 aliphatic carbocycles. The largest absolute Gasteiger partial charge is 0.370 e. The molecule has 2 saturated heterocycles. The Kier molecular flexibility index (Phi) is 4.86. The molecule has 3 heterocycles. The zero-order valence-corrected chi connectivity index (χ0v) is 16.3. The van der Waals surface area contributed by atoms with E-state index in [1.165, 1.54) is 17.7 Å². The fourth-order valence-corrected chi connectivity index (χ4v) is 4.79. The SMILES string of the molecule is O=C([C@@H]1C[C@@]2(CNCCO2)CO1)N1CCc2ccccc2[C@@H]1c1ccc(F)cc1. The van der Waals surface area contributed by atoms with Gasteiger partial charge in [-0.25, -0.2) is 4.39 Å². The van der Waals surface area contributed by atoms with Gasteiger partial charge in [-0.3, -0.25) is 4.79 Å². The molecule has 3 atom stereocenters.